The largest absolute Gasteiger partial charge is 0.358 e. The Kier molecular flexibility index (Phi) is 4.14. The summed E-state index contributed by atoms with van der Waals surface area (Å²) in [4.78, 5) is 14.8. The molecule has 0 aliphatic carbocycles. The maximum atomic E-state index is 11.0. The molecule has 0 aliphatic heterocycles. The molecule has 0 saturated carbocycles. The van der Waals surface area contributed by atoms with Gasteiger partial charge in [-0.3, -0.25) is 10.1 Å². The highest BCUT2D eigenvalue weighted by Gasteiger charge is 2.17. The fourth-order valence-electron chi connectivity index (χ4n) is 1.94. The number of rotatable bonds is 4. The maximum absolute atomic E-state index is 11.0. The summed E-state index contributed by atoms with van der Waals surface area (Å²) < 4.78 is 0. The highest BCUT2D eigenvalue weighted by atomic mass is 16.6. The Morgan fingerprint density at radius 2 is 1.95 bits per heavy atom. The van der Waals surface area contributed by atoms with Crippen molar-refractivity contribution in [1.29, 1.82) is 5.26 Å². The Labute approximate surface area is 122 Å². The molecule has 1 aromatic carbocycles. The first-order chi connectivity index (χ1) is 10.0. The summed E-state index contributed by atoms with van der Waals surface area (Å²) in [5.74, 6) is 0.247. The average Bonchev–Trinajstić information content (AvgIpc) is 2.47. The van der Waals surface area contributed by atoms with Crippen LogP contribution in [0.5, 0.6) is 0 Å². The van der Waals surface area contributed by atoms with Crippen molar-refractivity contribution in [3.8, 4) is 6.07 Å². The first-order valence-electron chi connectivity index (χ1n) is 6.40. The molecule has 0 fully saturated rings. The number of hydrogen-bond donors (Lipinski definition) is 1. The third-order valence-corrected chi connectivity index (χ3v) is 3.10. The van der Waals surface area contributed by atoms with Crippen molar-refractivity contribution in [3.05, 3.63) is 63.3 Å². The van der Waals surface area contributed by atoms with Crippen molar-refractivity contribution < 1.29 is 4.92 Å². The van der Waals surface area contributed by atoms with Gasteiger partial charge in [-0.25, -0.2) is 4.98 Å². The third kappa shape index (κ3) is 3.34. The van der Waals surface area contributed by atoms with E-state index in [1.165, 1.54) is 6.07 Å². The first-order valence-corrected chi connectivity index (χ1v) is 6.40. The number of aromatic nitrogens is 1. The van der Waals surface area contributed by atoms with Crippen molar-refractivity contribution in [1.82, 2.24) is 4.98 Å². The standard InChI is InChI=1S/C15H14N4O2/c1-10-3-8-14(19(20)21)15(17-10)18-11(2)13-6-4-12(9-16)5-7-13/h3-8,11H,1-2H3,(H,17,18). The zero-order valence-corrected chi connectivity index (χ0v) is 11.7. The van der Waals surface area contributed by atoms with E-state index in [0.717, 1.165) is 5.56 Å². The van der Waals surface area contributed by atoms with Gasteiger partial charge in [0.05, 0.1) is 22.6 Å². The molecule has 1 heterocycles. The molecule has 0 bridgehead atoms. The van der Waals surface area contributed by atoms with Gasteiger partial charge >= 0.3 is 5.69 Å². The highest BCUT2D eigenvalue weighted by molar-refractivity contribution is 5.57. The predicted octanol–water partition coefficient (Wildman–Crippen LogP) is 3.34. The quantitative estimate of drug-likeness (QED) is 0.685. The predicted molar refractivity (Wildman–Crippen MR) is 78.8 cm³/mol. The summed E-state index contributed by atoms with van der Waals surface area (Å²) in [7, 11) is 0. The van der Waals surface area contributed by atoms with Gasteiger partial charge in [0.25, 0.3) is 0 Å². The summed E-state index contributed by atoms with van der Waals surface area (Å²) in [6.07, 6.45) is 0. The molecule has 6 nitrogen and oxygen atoms in total. The van der Waals surface area contributed by atoms with Gasteiger partial charge in [0.2, 0.25) is 5.82 Å². The fourth-order valence-corrected chi connectivity index (χ4v) is 1.94. The van der Waals surface area contributed by atoms with Gasteiger partial charge in [0, 0.05) is 11.8 Å². The molecule has 0 amide bonds. The smallest absolute Gasteiger partial charge is 0.311 e. The number of anilines is 1. The Balaban J connectivity index is 2.26. The van der Waals surface area contributed by atoms with Crippen molar-refractivity contribution in [3.63, 3.8) is 0 Å². The van der Waals surface area contributed by atoms with E-state index in [9.17, 15) is 10.1 Å². The lowest BCUT2D eigenvalue weighted by Crippen LogP contribution is -2.10. The van der Waals surface area contributed by atoms with E-state index in [2.05, 4.69) is 16.4 Å². The summed E-state index contributed by atoms with van der Waals surface area (Å²) in [5.41, 5.74) is 2.15. The Bertz CT molecular complexity index is 705. The normalized spacial score (nSPS) is 11.5. The summed E-state index contributed by atoms with van der Waals surface area (Å²) in [6, 6.07) is 12.0. The van der Waals surface area contributed by atoms with E-state index in [1.54, 1.807) is 25.1 Å². The molecule has 1 N–H and O–H groups in total. The third-order valence-electron chi connectivity index (χ3n) is 3.10. The van der Waals surface area contributed by atoms with Crippen LogP contribution in [-0.2, 0) is 0 Å². The van der Waals surface area contributed by atoms with Crippen LogP contribution < -0.4 is 5.32 Å². The van der Waals surface area contributed by atoms with Crippen LogP contribution in [0.15, 0.2) is 36.4 Å². The van der Waals surface area contributed by atoms with E-state index >= 15 is 0 Å². The van der Waals surface area contributed by atoms with Crippen LogP contribution in [-0.4, -0.2) is 9.91 Å². The lowest BCUT2D eigenvalue weighted by Gasteiger charge is -2.15. The average molecular weight is 282 g/mol. The molecule has 1 aromatic heterocycles. The molecule has 0 spiro atoms. The van der Waals surface area contributed by atoms with E-state index in [4.69, 9.17) is 5.26 Å². The van der Waals surface area contributed by atoms with Crippen molar-refractivity contribution in [2.45, 2.75) is 19.9 Å². The molecule has 2 aromatic rings. The minimum absolute atomic E-state index is 0.0545. The summed E-state index contributed by atoms with van der Waals surface area (Å²) in [6.45, 7) is 3.66. The second-order valence-corrected chi connectivity index (χ2v) is 4.68. The van der Waals surface area contributed by atoms with Gasteiger partial charge < -0.3 is 5.32 Å². The van der Waals surface area contributed by atoms with Gasteiger partial charge in [-0.1, -0.05) is 12.1 Å². The van der Waals surface area contributed by atoms with Gasteiger partial charge in [-0.05, 0) is 37.6 Å². The van der Waals surface area contributed by atoms with Gasteiger partial charge in [0.15, 0.2) is 0 Å². The lowest BCUT2D eigenvalue weighted by molar-refractivity contribution is -0.384. The minimum atomic E-state index is -0.458. The summed E-state index contributed by atoms with van der Waals surface area (Å²) in [5, 5.41) is 22.9. The van der Waals surface area contributed by atoms with Crippen molar-refractivity contribution in [2.75, 3.05) is 5.32 Å². The van der Waals surface area contributed by atoms with Crippen molar-refractivity contribution >= 4 is 11.5 Å². The number of nitriles is 1. The Morgan fingerprint density at radius 1 is 1.29 bits per heavy atom. The number of benzene rings is 1. The molecule has 21 heavy (non-hydrogen) atoms. The van der Waals surface area contributed by atoms with E-state index in [-0.39, 0.29) is 17.5 Å². The van der Waals surface area contributed by atoms with Gasteiger partial charge in [-0.2, -0.15) is 5.26 Å². The van der Waals surface area contributed by atoms with Crippen LogP contribution >= 0.6 is 0 Å². The second kappa shape index (κ2) is 6.01. The van der Waals surface area contributed by atoms with Gasteiger partial charge in [-0.15, -0.1) is 0 Å². The molecular formula is C15H14N4O2. The molecule has 0 radical (unpaired) electrons. The molecule has 0 aliphatic rings. The molecule has 1 atom stereocenters. The Hall–Kier alpha value is -2.94. The lowest BCUT2D eigenvalue weighted by atomic mass is 10.1. The first kappa shape index (κ1) is 14.5. The molecule has 0 saturated heterocycles. The molecule has 1 unspecified atom stereocenters. The minimum Gasteiger partial charge on any atom is -0.358 e. The maximum Gasteiger partial charge on any atom is 0.311 e. The number of pyridine rings is 1. The SMILES string of the molecule is Cc1ccc([N+](=O)[O-])c(NC(C)c2ccc(C#N)cc2)n1. The van der Waals surface area contributed by atoms with E-state index < -0.39 is 4.92 Å². The van der Waals surface area contributed by atoms with Crippen LogP contribution in [0.2, 0.25) is 0 Å². The number of nitro groups is 1. The number of aryl methyl sites for hydroxylation is 1. The summed E-state index contributed by atoms with van der Waals surface area (Å²) >= 11 is 0. The zero-order chi connectivity index (χ0) is 15.4. The van der Waals surface area contributed by atoms with Crippen LogP contribution in [0.4, 0.5) is 11.5 Å². The van der Waals surface area contributed by atoms with Crippen molar-refractivity contribution in [2.24, 2.45) is 0 Å². The Morgan fingerprint density at radius 3 is 2.52 bits per heavy atom. The number of nitrogens with one attached hydrogen (secondary N) is 1. The van der Waals surface area contributed by atoms with Crippen LogP contribution in [0, 0.1) is 28.4 Å². The topological polar surface area (TPSA) is 91.9 Å². The molecular weight excluding hydrogens is 268 g/mol. The van der Waals surface area contributed by atoms with Crippen LogP contribution in [0.3, 0.4) is 0 Å². The second-order valence-electron chi connectivity index (χ2n) is 4.68. The molecule has 2 rings (SSSR count). The fraction of sp³-hybridized carbons (Fsp3) is 0.200. The van der Waals surface area contributed by atoms with E-state index in [1.807, 2.05) is 19.1 Å². The zero-order valence-electron chi connectivity index (χ0n) is 11.7. The van der Waals surface area contributed by atoms with Crippen LogP contribution in [0.1, 0.15) is 29.8 Å². The highest BCUT2D eigenvalue weighted by Crippen LogP contribution is 2.26. The number of nitrogens with zero attached hydrogens (tertiary/aromatic N) is 3. The van der Waals surface area contributed by atoms with Gasteiger partial charge in [0.1, 0.15) is 0 Å². The monoisotopic (exact) mass is 282 g/mol. The number of hydrogen-bond acceptors (Lipinski definition) is 5. The molecule has 6 heteroatoms. The molecule has 106 valence electrons. The van der Waals surface area contributed by atoms with E-state index in [0.29, 0.717) is 11.3 Å². The van der Waals surface area contributed by atoms with Crippen LogP contribution in [0.25, 0.3) is 0 Å².